The number of halogens is 1. The second kappa shape index (κ2) is 28.2. The third-order valence-electron chi connectivity index (χ3n) is 8.07. The molecule has 1 heterocycles. The first-order chi connectivity index (χ1) is 26.6. The van der Waals surface area contributed by atoms with Crippen molar-refractivity contribution in [1.82, 2.24) is 10.6 Å². The van der Waals surface area contributed by atoms with E-state index in [2.05, 4.69) is 27.6 Å². The van der Waals surface area contributed by atoms with Crippen molar-refractivity contribution in [2.24, 2.45) is 4.99 Å². The Morgan fingerprint density at radius 1 is 1.02 bits per heavy atom. The van der Waals surface area contributed by atoms with Gasteiger partial charge < -0.3 is 44.6 Å². The summed E-state index contributed by atoms with van der Waals surface area (Å²) in [6.45, 7) is 6.74. The molecule has 0 spiro atoms. The zero-order valence-corrected chi connectivity index (χ0v) is 33.7. The maximum atomic E-state index is 11.7. The standard InChI is InChI=1S/C27H28ClN3O3.C8H15NO2.C4H9NO.C2H4O2/c1-18-8-26(33-3)27(34-16-20-9-19(14-28)10-22(11-20)29-2)13-24(18)30-15-23-12-21-6-4-5-7-25(21)31(23)17-32;1-2-3-4-5-8(11)9-6-7-10;1-4(3-6)5-2;1-4-2-3/h4-11,13,15,17,23,29H,12,14,16H2,1-3H3;7H,2-6H2,1H3,(H,9,11);3-5H,1-2H3;2H,1H3. The van der Waals surface area contributed by atoms with E-state index in [9.17, 15) is 19.2 Å². The van der Waals surface area contributed by atoms with Crippen LogP contribution in [0.3, 0.4) is 0 Å². The summed E-state index contributed by atoms with van der Waals surface area (Å²) in [6, 6.07) is 17.7. The number of amides is 2. The summed E-state index contributed by atoms with van der Waals surface area (Å²) in [4.78, 5) is 57.4. The second-order valence-electron chi connectivity index (χ2n) is 12.2. The number of likely N-dealkylation sites (N-methyl/N-ethyl adjacent to an activating group) is 1. The number of para-hydroxylation sites is 1. The molecule has 0 aromatic heterocycles. The number of rotatable bonds is 18. The summed E-state index contributed by atoms with van der Waals surface area (Å²) in [5.41, 5.74) is 6.80. The third kappa shape index (κ3) is 17.6. The highest BCUT2D eigenvalue weighted by molar-refractivity contribution is 6.17. The van der Waals surface area contributed by atoms with Gasteiger partial charge in [-0.05, 0) is 73.8 Å². The number of unbranched alkanes of at least 4 members (excludes halogenated alkanes) is 2. The van der Waals surface area contributed by atoms with E-state index in [4.69, 9.17) is 30.9 Å². The van der Waals surface area contributed by atoms with Gasteiger partial charge >= 0.3 is 0 Å². The van der Waals surface area contributed by atoms with Crippen LogP contribution < -0.4 is 30.3 Å². The molecule has 1 aliphatic rings. The lowest BCUT2D eigenvalue weighted by molar-refractivity contribution is -0.126. The van der Waals surface area contributed by atoms with E-state index in [0.29, 0.717) is 43.2 Å². The van der Waals surface area contributed by atoms with Crippen LogP contribution in [0.15, 0.2) is 59.6 Å². The topological polar surface area (TPSA) is 165 Å². The number of hydrogen-bond acceptors (Lipinski definition) is 11. The molecule has 0 bridgehead atoms. The van der Waals surface area contributed by atoms with Crippen molar-refractivity contribution < 1.29 is 38.2 Å². The molecule has 14 heteroatoms. The smallest absolute Gasteiger partial charge is 0.292 e. The van der Waals surface area contributed by atoms with E-state index in [-0.39, 0.29) is 24.5 Å². The first-order valence-corrected chi connectivity index (χ1v) is 18.5. The molecule has 0 aliphatic carbocycles. The van der Waals surface area contributed by atoms with Gasteiger partial charge in [0.2, 0.25) is 12.3 Å². The van der Waals surface area contributed by atoms with Crippen LogP contribution in [0.1, 0.15) is 61.8 Å². The zero-order valence-electron chi connectivity index (χ0n) is 32.9. The number of fused-ring (bicyclic) bond motifs is 1. The number of benzene rings is 3. The maximum Gasteiger partial charge on any atom is 0.292 e. The molecule has 55 heavy (non-hydrogen) atoms. The summed E-state index contributed by atoms with van der Waals surface area (Å²) in [5.74, 6) is 1.65. The summed E-state index contributed by atoms with van der Waals surface area (Å²) in [5, 5.41) is 8.38. The molecule has 2 atom stereocenters. The Bertz CT molecular complexity index is 1630. The van der Waals surface area contributed by atoms with Gasteiger partial charge in [-0.2, -0.15) is 0 Å². The molecule has 3 aromatic carbocycles. The summed E-state index contributed by atoms with van der Waals surface area (Å²) in [7, 11) is 6.56. The molecule has 300 valence electrons. The molecule has 13 nitrogen and oxygen atoms in total. The number of hydrogen-bond donors (Lipinski definition) is 3. The molecule has 3 aromatic rings. The van der Waals surface area contributed by atoms with Crippen molar-refractivity contribution in [2.75, 3.05) is 45.1 Å². The largest absolute Gasteiger partial charge is 0.493 e. The fourth-order valence-corrected chi connectivity index (χ4v) is 5.16. The molecule has 1 aliphatic heterocycles. The van der Waals surface area contributed by atoms with E-state index in [1.807, 2.05) is 74.8 Å². The number of aliphatic imine (C=N–C) groups is 1. The SMILES string of the molecule is CCCCCC(=O)NCC=O.CNC(C)C=O.CNc1cc(CCl)cc(COc2cc(N=CC3Cc4ccccc4N3C=O)c(C)cc2OC)c1.COC=O. The van der Waals surface area contributed by atoms with Crippen LogP contribution in [0.2, 0.25) is 0 Å². The van der Waals surface area contributed by atoms with Crippen molar-refractivity contribution in [1.29, 1.82) is 0 Å². The van der Waals surface area contributed by atoms with Gasteiger partial charge in [0.05, 0.1) is 38.5 Å². The van der Waals surface area contributed by atoms with Crippen LogP contribution in [0.5, 0.6) is 11.5 Å². The van der Waals surface area contributed by atoms with E-state index in [1.165, 1.54) is 7.11 Å². The quantitative estimate of drug-likeness (QED) is 0.0593. The van der Waals surface area contributed by atoms with Gasteiger partial charge in [0.25, 0.3) is 6.47 Å². The maximum absolute atomic E-state index is 11.7. The van der Waals surface area contributed by atoms with Crippen LogP contribution in [-0.4, -0.2) is 84.5 Å². The highest BCUT2D eigenvalue weighted by Gasteiger charge is 2.27. The number of nitrogens with one attached hydrogen (secondary N) is 3. The minimum Gasteiger partial charge on any atom is -0.493 e. The highest BCUT2D eigenvalue weighted by Crippen LogP contribution is 2.36. The number of methoxy groups -OCH3 is 2. The van der Waals surface area contributed by atoms with Gasteiger partial charge in [0, 0.05) is 49.4 Å². The fourth-order valence-electron chi connectivity index (χ4n) is 5.00. The second-order valence-corrected chi connectivity index (χ2v) is 12.4. The number of carbonyl (C=O) groups excluding carboxylic acids is 5. The van der Waals surface area contributed by atoms with Crippen LogP contribution in [0, 0.1) is 6.92 Å². The number of carbonyl (C=O) groups is 5. The molecule has 3 N–H and O–H groups in total. The van der Waals surface area contributed by atoms with Gasteiger partial charge in [-0.15, -0.1) is 11.6 Å². The molecule has 0 radical (unpaired) electrons. The lowest BCUT2D eigenvalue weighted by Crippen LogP contribution is -2.31. The average Bonchev–Trinajstić information content (AvgIpc) is 3.59. The van der Waals surface area contributed by atoms with Gasteiger partial charge in [-0.3, -0.25) is 19.4 Å². The minimum absolute atomic E-state index is 0.00463. The lowest BCUT2D eigenvalue weighted by Gasteiger charge is -2.17. The molecule has 2 unspecified atom stereocenters. The first-order valence-electron chi connectivity index (χ1n) is 17.9. The highest BCUT2D eigenvalue weighted by atomic mass is 35.5. The predicted molar refractivity (Wildman–Crippen MR) is 219 cm³/mol. The van der Waals surface area contributed by atoms with Crippen molar-refractivity contribution >= 4 is 66.2 Å². The summed E-state index contributed by atoms with van der Waals surface area (Å²) in [6.07, 6.45) is 8.64. The third-order valence-corrected chi connectivity index (χ3v) is 8.38. The summed E-state index contributed by atoms with van der Waals surface area (Å²) >= 11 is 6.04. The van der Waals surface area contributed by atoms with Crippen LogP contribution in [0.4, 0.5) is 17.1 Å². The summed E-state index contributed by atoms with van der Waals surface area (Å²) < 4.78 is 15.5. The lowest BCUT2D eigenvalue weighted by atomic mass is 10.1. The number of aryl methyl sites for hydroxylation is 1. The predicted octanol–water partition coefficient (Wildman–Crippen LogP) is 6.12. The number of ether oxygens (including phenoxy) is 3. The Morgan fingerprint density at radius 2 is 1.73 bits per heavy atom. The van der Waals surface area contributed by atoms with E-state index >= 15 is 0 Å². The van der Waals surface area contributed by atoms with Crippen molar-refractivity contribution in [2.45, 2.75) is 77.4 Å². The van der Waals surface area contributed by atoms with Crippen molar-refractivity contribution in [3.63, 3.8) is 0 Å². The molecule has 0 saturated carbocycles. The van der Waals surface area contributed by atoms with E-state index in [1.54, 1.807) is 26.0 Å². The molecular formula is C41H56ClN5O8. The van der Waals surface area contributed by atoms with Crippen molar-refractivity contribution in [3.05, 3.63) is 76.9 Å². The van der Waals surface area contributed by atoms with Crippen LogP contribution >= 0.6 is 11.6 Å². The van der Waals surface area contributed by atoms with Crippen LogP contribution in [0.25, 0.3) is 0 Å². The zero-order chi connectivity index (χ0) is 41.0. The molecule has 4 rings (SSSR count). The Morgan fingerprint density at radius 3 is 2.29 bits per heavy atom. The Balaban J connectivity index is 0.000000591. The van der Waals surface area contributed by atoms with Gasteiger partial charge in [-0.25, -0.2) is 0 Å². The van der Waals surface area contributed by atoms with E-state index < -0.39 is 0 Å². The van der Waals surface area contributed by atoms with E-state index in [0.717, 1.165) is 77.7 Å². The Labute approximate surface area is 330 Å². The van der Waals surface area contributed by atoms with Gasteiger partial charge in [0.15, 0.2) is 11.5 Å². The first kappa shape index (κ1) is 47.8. The molecule has 2 amide bonds. The van der Waals surface area contributed by atoms with Gasteiger partial charge in [0.1, 0.15) is 19.2 Å². The number of alkyl halides is 1. The minimum atomic E-state index is -0.126. The van der Waals surface area contributed by atoms with Crippen molar-refractivity contribution in [3.8, 4) is 11.5 Å². The number of aldehydes is 2. The van der Waals surface area contributed by atoms with Crippen LogP contribution in [-0.2, 0) is 47.6 Å². The fraction of sp³-hybridized carbons (Fsp3) is 0.415. The average molecular weight is 782 g/mol. The Hall–Kier alpha value is -5.27. The molecule has 0 fully saturated rings. The monoisotopic (exact) mass is 781 g/mol. The number of nitrogens with zero attached hydrogens (tertiary/aromatic N) is 2. The molecular weight excluding hydrogens is 726 g/mol. The normalized spacial score (nSPS) is 12.9. The molecule has 0 saturated heterocycles. The van der Waals surface area contributed by atoms with Gasteiger partial charge in [-0.1, -0.05) is 44.0 Å². The number of anilines is 2. The Kier molecular flexibility index (Phi) is 24.5.